The molecule has 1 atom stereocenters. The molecule has 1 aliphatic carbocycles. The number of aryl methyl sites for hydroxylation is 1. The van der Waals surface area contributed by atoms with Gasteiger partial charge in [-0.15, -0.1) is 0 Å². The first-order chi connectivity index (χ1) is 6.65. The maximum atomic E-state index is 5.28. The van der Waals surface area contributed by atoms with Gasteiger partial charge in [0, 0.05) is 5.69 Å². The number of aliphatic imine (C=N–C) groups is 1. The van der Waals surface area contributed by atoms with E-state index in [9.17, 15) is 0 Å². The molecule has 1 heterocycles. The fourth-order valence-electron chi connectivity index (χ4n) is 1.81. The van der Waals surface area contributed by atoms with Crippen molar-refractivity contribution in [2.75, 3.05) is 0 Å². The molecular formula is C9H15N5. The van der Waals surface area contributed by atoms with Crippen molar-refractivity contribution in [3.05, 3.63) is 11.4 Å². The smallest absolute Gasteiger partial charge is 0.230 e. The van der Waals surface area contributed by atoms with Gasteiger partial charge < -0.3 is 16.5 Å². The van der Waals surface area contributed by atoms with E-state index in [4.69, 9.17) is 11.5 Å². The van der Waals surface area contributed by atoms with E-state index in [0.717, 1.165) is 24.5 Å². The Hall–Kier alpha value is -1.52. The molecule has 0 saturated heterocycles. The molecule has 0 amide bonds. The third-order valence-corrected chi connectivity index (χ3v) is 2.51. The van der Waals surface area contributed by atoms with Gasteiger partial charge in [-0.05, 0) is 25.2 Å². The Morgan fingerprint density at radius 2 is 2.36 bits per heavy atom. The van der Waals surface area contributed by atoms with Crippen LogP contribution < -0.4 is 11.5 Å². The molecule has 1 aromatic heterocycles. The minimum Gasteiger partial charge on any atom is -0.370 e. The highest BCUT2D eigenvalue weighted by Gasteiger charge is 2.18. The van der Waals surface area contributed by atoms with Crippen LogP contribution in [0.2, 0.25) is 0 Å². The summed E-state index contributed by atoms with van der Waals surface area (Å²) in [5.74, 6) is 1.29. The average Bonchev–Trinajstić information content (AvgIpc) is 2.44. The van der Waals surface area contributed by atoms with Crippen LogP contribution in [-0.2, 0) is 12.8 Å². The number of nitrogens with one attached hydrogen (secondary N) is 1. The highest BCUT2D eigenvalue weighted by Crippen LogP contribution is 2.25. The van der Waals surface area contributed by atoms with Crippen molar-refractivity contribution in [3.63, 3.8) is 0 Å². The molecule has 1 unspecified atom stereocenters. The summed E-state index contributed by atoms with van der Waals surface area (Å²) in [5.41, 5.74) is 12.9. The van der Waals surface area contributed by atoms with E-state index >= 15 is 0 Å². The number of fused-ring (bicyclic) bond motifs is 1. The van der Waals surface area contributed by atoms with Crippen LogP contribution >= 0.6 is 0 Å². The Kier molecular flexibility index (Phi) is 2.15. The number of hydrogen-bond donors (Lipinski definition) is 3. The summed E-state index contributed by atoms with van der Waals surface area (Å²) in [4.78, 5) is 11.4. The van der Waals surface area contributed by atoms with Gasteiger partial charge in [0.15, 0.2) is 5.96 Å². The number of H-pyrrole nitrogens is 1. The van der Waals surface area contributed by atoms with Crippen molar-refractivity contribution in [1.82, 2.24) is 9.97 Å². The average molecular weight is 193 g/mol. The number of rotatable bonds is 1. The summed E-state index contributed by atoms with van der Waals surface area (Å²) in [6, 6.07) is 0. The number of nitrogens with two attached hydrogens (primary N) is 2. The van der Waals surface area contributed by atoms with E-state index < -0.39 is 0 Å². The van der Waals surface area contributed by atoms with E-state index in [1.165, 1.54) is 12.1 Å². The SMILES string of the molecule is CC1CCc2nc(N=C(N)N)[nH]c2C1. The minimum absolute atomic E-state index is 0.0455. The third kappa shape index (κ3) is 1.71. The highest BCUT2D eigenvalue weighted by atomic mass is 15.1. The molecule has 14 heavy (non-hydrogen) atoms. The summed E-state index contributed by atoms with van der Waals surface area (Å²) in [5, 5.41) is 0. The molecule has 1 aromatic rings. The zero-order valence-electron chi connectivity index (χ0n) is 8.25. The summed E-state index contributed by atoms with van der Waals surface area (Å²) < 4.78 is 0. The van der Waals surface area contributed by atoms with Crippen molar-refractivity contribution in [1.29, 1.82) is 0 Å². The van der Waals surface area contributed by atoms with Crippen molar-refractivity contribution >= 4 is 11.9 Å². The molecule has 0 spiro atoms. The second-order valence-corrected chi connectivity index (χ2v) is 3.87. The van der Waals surface area contributed by atoms with Gasteiger partial charge in [-0.3, -0.25) is 0 Å². The molecule has 0 aliphatic heterocycles. The van der Waals surface area contributed by atoms with Gasteiger partial charge in [-0.25, -0.2) is 4.98 Å². The number of imidazole rings is 1. The zero-order chi connectivity index (χ0) is 10.1. The first kappa shape index (κ1) is 9.05. The maximum absolute atomic E-state index is 5.28. The van der Waals surface area contributed by atoms with Crippen LogP contribution in [0.15, 0.2) is 4.99 Å². The Morgan fingerprint density at radius 3 is 3.07 bits per heavy atom. The highest BCUT2D eigenvalue weighted by molar-refractivity contribution is 5.77. The Balaban J connectivity index is 2.28. The lowest BCUT2D eigenvalue weighted by molar-refractivity contribution is 0.492. The summed E-state index contributed by atoms with van der Waals surface area (Å²) in [6.07, 6.45) is 3.26. The van der Waals surface area contributed by atoms with Gasteiger partial charge in [0.05, 0.1) is 5.69 Å². The second-order valence-electron chi connectivity index (χ2n) is 3.87. The molecule has 2 rings (SSSR count). The van der Waals surface area contributed by atoms with Gasteiger partial charge in [0.25, 0.3) is 0 Å². The number of aromatic amines is 1. The van der Waals surface area contributed by atoms with Crippen molar-refractivity contribution < 1.29 is 0 Å². The molecule has 0 bridgehead atoms. The van der Waals surface area contributed by atoms with Crippen LogP contribution in [-0.4, -0.2) is 15.9 Å². The lowest BCUT2D eigenvalue weighted by Crippen LogP contribution is -2.22. The summed E-state index contributed by atoms with van der Waals surface area (Å²) in [7, 11) is 0. The summed E-state index contributed by atoms with van der Waals surface area (Å²) >= 11 is 0. The molecule has 0 aromatic carbocycles. The predicted octanol–water partition coefficient (Wildman–Crippen LogP) is 0.439. The van der Waals surface area contributed by atoms with Crippen molar-refractivity contribution in [2.24, 2.45) is 22.4 Å². The van der Waals surface area contributed by atoms with E-state index in [0.29, 0.717) is 5.95 Å². The molecule has 0 saturated carbocycles. The largest absolute Gasteiger partial charge is 0.370 e. The minimum atomic E-state index is 0.0455. The van der Waals surface area contributed by atoms with Crippen LogP contribution in [0.25, 0.3) is 0 Å². The van der Waals surface area contributed by atoms with E-state index in [-0.39, 0.29) is 5.96 Å². The number of aromatic nitrogens is 2. The molecular weight excluding hydrogens is 178 g/mol. The van der Waals surface area contributed by atoms with Crippen molar-refractivity contribution in [3.8, 4) is 0 Å². The van der Waals surface area contributed by atoms with E-state index in [1.807, 2.05) is 0 Å². The second kappa shape index (κ2) is 3.32. The van der Waals surface area contributed by atoms with Crippen molar-refractivity contribution in [2.45, 2.75) is 26.2 Å². The third-order valence-electron chi connectivity index (χ3n) is 2.51. The molecule has 0 radical (unpaired) electrons. The molecule has 0 fully saturated rings. The monoisotopic (exact) mass is 193 g/mol. The predicted molar refractivity (Wildman–Crippen MR) is 55.2 cm³/mol. The molecule has 5 nitrogen and oxygen atoms in total. The van der Waals surface area contributed by atoms with Crippen LogP contribution in [0.1, 0.15) is 24.7 Å². The number of guanidine groups is 1. The summed E-state index contributed by atoms with van der Waals surface area (Å²) in [6.45, 7) is 2.24. The lowest BCUT2D eigenvalue weighted by Gasteiger charge is -2.15. The van der Waals surface area contributed by atoms with Gasteiger partial charge in [-0.2, -0.15) is 4.99 Å². The Morgan fingerprint density at radius 1 is 1.57 bits per heavy atom. The van der Waals surface area contributed by atoms with Gasteiger partial charge in [-0.1, -0.05) is 6.92 Å². The maximum Gasteiger partial charge on any atom is 0.230 e. The topological polar surface area (TPSA) is 93.1 Å². The Bertz CT molecular complexity index is 361. The van der Waals surface area contributed by atoms with E-state index in [2.05, 4.69) is 21.9 Å². The van der Waals surface area contributed by atoms with Crippen LogP contribution in [0.3, 0.4) is 0 Å². The fraction of sp³-hybridized carbons (Fsp3) is 0.556. The fourth-order valence-corrected chi connectivity index (χ4v) is 1.81. The molecule has 5 heteroatoms. The van der Waals surface area contributed by atoms with Crippen LogP contribution in [0.5, 0.6) is 0 Å². The molecule has 5 N–H and O–H groups in total. The molecule has 1 aliphatic rings. The van der Waals surface area contributed by atoms with Gasteiger partial charge in [0.2, 0.25) is 5.95 Å². The normalized spacial score (nSPS) is 20.2. The number of hydrogen-bond acceptors (Lipinski definition) is 2. The lowest BCUT2D eigenvalue weighted by atomic mass is 9.92. The number of nitrogens with zero attached hydrogens (tertiary/aromatic N) is 2. The van der Waals surface area contributed by atoms with Gasteiger partial charge in [0.1, 0.15) is 0 Å². The Labute approximate surface area is 82.6 Å². The van der Waals surface area contributed by atoms with E-state index in [1.54, 1.807) is 0 Å². The molecule has 76 valence electrons. The van der Waals surface area contributed by atoms with Gasteiger partial charge >= 0.3 is 0 Å². The first-order valence-electron chi connectivity index (χ1n) is 4.82. The van der Waals surface area contributed by atoms with Crippen LogP contribution in [0.4, 0.5) is 5.95 Å². The van der Waals surface area contributed by atoms with Crippen LogP contribution in [0, 0.1) is 5.92 Å². The standard InChI is InChI=1S/C9H15N5/c1-5-2-3-6-7(4-5)13-9(12-6)14-8(10)11/h5H,2-4H2,1H3,(H5,10,11,12,13,14). The first-order valence-corrected chi connectivity index (χ1v) is 4.82. The zero-order valence-corrected chi connectivity index (χ0v) is 8.25. The quantitative estimate of drug-likeness (QED) is 0.446.